The molecule has 2 fully saturated rings. The van der Waals surface area contributed by atoms with E-state index in [2.05, 4.69) is 17.7 Å². The number of hydrogen-bond acceptors (Lipinski definition) is 16. The zero-order valence-corrected chi connectivity index (χ0v) is 26.6. The van der Waals surface area contributed by atoms with Crippen LogP contribution in [0.1, 0.15) is 0 Å². The van der Waals surface area contributed by atoms with E-state index in [0.29, 0.717) is 0 Å². The summed E-state index contributed by atoms with van der Waals surface area (Å²) in [7, 11) is -21.3. The highest BCUT2D eigenvalue weighted by Crippen LogP contribution is 2.58. The van der Waals surface area contributed by atoms with E-state index < -0.39 is 106 Å². The molecule has 4 aliphatic rings. The van der Waals surface area contributed by atoms with E-state index in [4.69, 9.17) is 29.0 Å². The number of ether oxygens (including phenoxy) is 2. The van der Waals surface area contributed by atoms with E-state index in [-0.39, 0.29) is 0 Å². The first-order valence-electron chi connectivity index (χ1n) is 12.9. The summed E-state index contributed by atoms with van der Waals surface area (Å²) in [5.41, 5.74) is 0. The van der Waals surface area contributed by atoms with E-state index in [9.17, 15) is 48.5 Å². The van der Waals surface area contributed by atoms with Crippen molar-refractivity contribution >= 4 is 31.3 Å². The fraction of sp³-hybridized carbons (Fsp3) is 0.600. The van der Waals surface area contributed by atoms with Crippen molar-refractivity contribution in [1.82, 2.24) is 9.80 Å². The molecular weight excluding hydrogens is 712 g/mol. The molecule has 0 aromatic heterocycles. The molecule has 0 saturated carbocycles. The Morgan fingerprint density at radius 3 is 1.54 bits per heavy atom. The van der Waals surface area contributed by atoms with Crippen LogP contribution >= 0.6 is 31.3 Å². The van der Waals surface area contributed by atoms with Gasteiger partial charge in [0.25, 0.3) is 0 Å². The van der Waals surface area contributed by atoms with Crippen LogP contribution in [0.15, 0.2) is 49.0 Å². The third-order valence-corrected chi connectivity index (χ3v) is 11.2. The molecule has 11 atom stereocenters. The first kappa shape index (κ1) is 37.7. The van der Waals surface area contributed by atoms with E-state index >= 15 is 0 Å². The van der Waals surface area contributed by atoms with E-state index in [1.807, 2.05) is 0 Å². The van der Waals surface area contributed by atoms with Crippen molar-refractivity contribution < 1.29 is 95.2 Å². The van der Waals surface area contributed by atoms with Gasteiger partial charge in [-0.25, -0.2) is 18.3 Å². The zero-order valence-electron chi connectivity index (χ0n) is 23.0. The second-order valence-electron chi connectivity index (χ2n) is 10.1. The number of aliphatic hydroxyl groups excluding tert-OH is 4. The van der Waals surface area contributed by atoms with Crippen molar-refractivity contribution in [2.45, 2.75) is 55.1 Å². The maximum Gasteiger partial charge on any atom is 0.481 e. The molecule has 4 rings (SSSR count). The quantitative estimate of drug-likeness (QED) is 0.0916. The predicted molar refractivity (Wildman–Crippen MR) is 147 cm³/mol. The Morgan fingerprint density at radius 1 is 0.609 bits per heavy atom. The average Bonchev–Trinajstić information content (AvgIpc) is 3.38. The highest BCUT2D eigenvalue weighted by molar-refractivity contribution is 7.61. The maximum atomic E-state index is 11.8. The molecule has 262 valence electrons. The van der Waals surface area contributed by atoms with Crippen molar-refractivity contribution in [3.05, 3.63) is 49.0 Å². The topological polar surface area (TPSA) is 332 Å². The van der Waals surface area contributed by atoms with Gasteiger partial charge in [-0.05, 0) is 6.08 Å². The van der Waals surface area contributed by atoms with Crippen LogP contribution in [0.4, 0.5) is 0 Å². The molecule has 4 aliphatic heterocycles. The highest BCUT2D eigenvalue weighted by Gasteiger charge is 2.49. The lowest BCUT2D eigenvalue weighted by Gasteiger charge is -2.40. The van der Waals surface area contributed by atoms with Crippen LogP contribution in [-0.2, 0) is 45.4 Å². The third-order valence-electron chi connectivity index (χ3n) is 6.86. The summed E-state index contributed by atoms with van der Waals surface area (Å²) in [6.45, 7) is -1.76. The van der Waals surface area contributed by atoms with Crippen LogP contribution in [0.25, 0.3) is 0 Å². The molecule has 0 aromatic carbocycles. The maximum absolute atomic E-state index is 11.8. The Labute approximate surface area is 259 Å². The molecule has 4 heterocycles. The average molecular weight is 744 g/mol. The van der Waals surface area contributed by atoms with Gasteiger partial charge in [0, 0.05) is 24.5 Å². The fourth-order valence-corrected chi connectivity index (χ4v) is 8.09. The fourth-order valence-electron chi connectivity index (χ4n) is 4.89. The summed E-state index contributed by atoms with van der Waals surface area (Å²) in [6, 6.07) is -0.568. The molecule has 0 radical (unpaired) electrons. The Kier molecular flexibility index (Phi) is 11.8. The van der Waals surface area contributed by atoms with Crippen molar-refractivity contribution in [3.63, 3.8) is 0 Å². The Hall–Kier alpha value is -1.16. The van der Waals surface area contributed by atoms with Gasteiger partial charge in [0.2, 0.25) is 0 Å². The first-order valence-corrected chi connectivity index (χ1v) is 19.0. The van der Waals surface area contributed by atoms with Crippen molar-refractivity contribution in [1.29, 1.82) is 0 Å². The number of hydrogen-bond donors (Lipinski definition) is 10. The molecule has 0 bridgehead atoms. The molecule has 10 N–H and O–H groups in total. The van der Waals surface area contributed by atoms with Crippen molar-refractivity contribution in [2.75, 3.05) is 13.2 Å². The van der Waals surface area contributed by atoms with Crippen LogP contribution in [-0.4, -0.2) is 128 Å². The molecule has 26 heteroatoms. The lowest BCUT2D eigenvalue weighted by molar-refractivity contribution is -0.0901. The van der Waals surface area contributed by atoms with Gasteiger partial charge in [0.15, 0.2) is 12.5 Å². The molecule has 0 aromatic rings. The lowest BCUT2D eigenvalue weighted by Crippen LogP contribution is -2.49. The van der Waals surface area contributed by atoms with Crippen LogP contribution in [0.2, 0.25) is 0 Å². The third kappa shape index (κ3) is 9.72. The summed E-state index contributed by atoms with van der Waals surface area (Å²) < 4.78 is 72.8. The van der Waals surface area contributed by atoms with Crippen LogP contribution in [0, 0.1) is 5.92 Å². The van der Waals surface area contributed by atoms with Gasteiger partial charge in [-0.2, -0.15) is 8.62 Å². The number of phosphoric ester groups is 2. The Morgan fingerprint density at radius 2 is 1.07 bits per heavy atom. The second-order valence-corrected chi connectivity index (χ2v) is 15.8. The SMILES string of the molecule is O=P(O)(O)OP(=O)(O)OC[C@H]1O[C@@H](N2C=CC(C3C=CC=CN3[C@@H]3O[C@H](COP(=O)(O)OP(=O)(O)O)[C@@H](O)[C@H]3O)C=C2)[C@H](O)[C@@H]1O. The largest absolute Gasteiger partial charge is 0.481 e. The Bertz CT molecular complexity index is 1400. The molecule has 22 nitrogen and oxygen atoms in total. The van der Waals surface area contributed by atoms with Gasteiger partial charge in [0.05, 0.1) is 19.3 Å². The van der Waals surface area contributed by atoms with E-state index in [1.165, 1.54) is 28.4 Å². The van der Waals surface area contributed by atoms with Crippen LogP contribution < -0.4 is 0 Å². The summed E-state index contributed by atoms with van der Waals surface area (Å²) in [5.74, 6) is -0.456. The first-order chi connectivity index (χ1) is 21.2. The van der Waals surface area contributed by atoms with Gasteiger partial charge < -0.3 is 69.1 Å². The molecule has 46 heavy (non-hydrogen) atoms. The molecule has 0 aliphatic carbocycles. The highest BCUT2D eigenvalue weighted by atomic mass is 31.3. The number of rotatable bonds is 13. The minimum absolute atomic E-state index is 0.456. The monoisotopic (exact) mass is 744 g/mol. The molecular formula is C20H32N2O20P4. The summed E-state index contributed by atoms with van der Waals surface area (Å²) in [6.07, 6.45) is 1.05. The summed E-state index contributed by atoms with van der Waals surface area (Å²) in [4.78, 5) is 56.7. The van der Waals surface area contributed by atoms with E-state index in [0.717, 1.165) is 0 Å². The molecule has 3 unspecified atom stereocenters. The minimum Gasteiger partial charge on any atom is -0.387 e. The van der Waals surface area contributed by atoms with Crippen molar-refractivity contribution in [3.8, 4) is 0 Å². The smallest absolute Gasteiger partial charge is 0.387 e. The number of phosphoric acid groups is 4. The number of nitrogens with zero attached hydrogens (tertiary/aromatic N) is 2. The predicted octanol–water partition coefficient (Wildman–Crippen LogP) is -1.95. The number of aliphatic hydroxyl groups is 4. The van der Waals surface area contributed by atoms with Crippen molar-refractivity contribution in [2.24, 2.45) is 5.92 Å². The lowest BCUT2D eigenvalue weighted by atomic mass is 9.94. The minimum atomic E-state index is -5.39. The van der Waals surface area contributed by atoms with Gasteiger partial charge in [-0.3, -0.25) is 9.05 Å². The number of allylic oxidation sites excluding steroid dienone is 2. The summed E-state index contributed by atoms with van der Waals surface area (Å²) in [5, 5.41) is 42.0. The standard InChI is InChI=1S/C20H32N2O20P4/c23-15-13(9-37-45(33,34)41-43(27,28)29)39-19(17(15)25)21-7-4-11(5-8-21)12-3-1-2-6-22(12)20-18(26)16(24)14(40-20)10-38-46(35,36)42-44(30,31)32/h1-8,11-20,23-26H,9-10H2,(H,33,34)(H,35,36)(H2,27,28,29)(H2,30,31,32)/t12?,13-,14-,15-,16-,17-,18-,19-,20-/m1/s1. The van der Waals surface area contributed by atoms with Gasteiger partial charge in [0.1, 0.15) is 36.6 Å². The molecule has 0 spiro atoms. The molecule has 2 saturated heterocycles. The van der Waals surface area contributed by atoms with Gasteiger partial charge >= 0.3 is 31.3 Å². The zero-order chi connectivity index (χ0) is 34.2. The van der Waals surface area contributed by atoms with Crippen LogP contribution in [0.5, 0.6) is 0 Å². The van der Waals surface area contributed by atoms with Gasteiger partial charge in [-0.15, -0.1) is 0 Å². The summed E-state index contributed by atoms with van der Waals surface area (Å²) >= 11 is 0. The van der Waals surface area contributed by atoms with E-state index in [1.54, 1.807) is 30.4 Å². The van der Waals surface area contributed by atoms with Crippen LogP contribution in [0.3, 0.4) is 0 Å². The second kappa shape index (κ2) is 14.4. The van der Waals surface area contributed by atoms with Gasteiger partial charge in [-0.1, -0.05) is 24.3 Å². The normalized spacial score (nSPS) is 36.3. The molecule has 0 amide bonds. The Balaban J connectivity index is 1.37.